The molecular formula is C15H14BrNO2. The first-order valence-electron chi connectivity index (χ1n) is 5.84. The Labute approximate surface area is 120 Å². The predicted octanol–water partition coefficient (Wildman–Crippen LogP) is 4.02. The zero-order valence-electron chi connectivity index (χ0n) is 10.7. The molecule has 2 aromatic carbocycles. The van der Waals surface area contributed by atoms with Gasteiger partial charge in [0.1, 0.15) is 5.75 Å². The summed E-state index contributed by atoms with van der Waals surface area (Å²) in [6.07, 6.45) is 0. The summed E-state index contributed by atoms with van der Waals surface area (Å²) in [5.74, 6) is 0.0539. The lowest BCUT2D eigenvalue weighted by Gasteiger charge is -2.08. The monoisotopic (exact) mass is 319 g/mol. The average Bonchev–Trinajstić information content (AvgIpc) is 2.37. The Bertz CT molecular complexity index is 638. The van der Waals surface area contributed by atoms with Gasteiger partial charge in [-0.15, -0.1) is 0 Å². The van der Waals surface area contributed by atoms with Crippen molar-refractivity contribution in [2.45, 2.75) is 13.8 Å². The molecule has 19 heavy (non-hydrogen) atoms. The number of anilines is 1. The molecule has 0 bridgehead atoms. The lowest BCUT2D eigenvalue weighted by atomic mass is 10.1. The first-order chi connectivity index (χ1) is 8.97. The van der Waals surface area contributed by atoms with E-state index < -0.39 is 0 Å². The molecule has 0 atom stereocenters. The number of amides is 1. The van der Waals surface area contributed by atoms with Crippen LogP contribution >= 0.6 is 15.9 Å². The maximum absolute atomic E-state index is 12.1. The third kappa shape index (κ3) is 3.15. The van der Waals surface area contributed by atoms with E-state index in [1.54, 1.807) is 31.2 Å². The van der Waals surface area contributed by atoms with Gasteiger partial charge in [-0.3, -0.25) is 4.79 Å². The van der Waals surface area contributed by atoms with E-state index in [0.717, 1.165) is 15.6 Å². The van der Waals surface area contributed by atoms with Gasteiger partial charge in [0, 0.05) is 15.7 Å². The Morgan fingerprint density at radius 2 is 1.84 bits per heavy atom. The number of hydrogen-bond donors (Lipinski definition) is 2. The van der Waals surface area contributed by atoms with Gasteiger partial charge in [0.2, 0.25) is 0 Å². The Balaban J connectivity index is 2.20. The summed E-state index contributed by atoms with van der Waals surface area (Å²) in [5, 5.41) is 12.3. The zero-order valence-corrected chi connectivity index (χ0v) is 12.3. The van der Waals surface area contributed by atoms with Gasteiger partial charge in [-0.1, -0.05) is 15.9 Å². The third-order valence-corrected chi connectivity index (χ3v) is 3.76. The van der Waals surface area contributed by atoms with Crippen LogP contribution in [0, 0.1) is 13.8 Å². The minimum atomic E-state index is -0.166. The maximum Gasteiger partial charge on any atom is 0.255 e. The van der Waals surface area contributed by atoms with E-state index in [2.05, 4.69) is 21.2 Å². The van der Waals surface area contributed by atoms with Crippen LogP contribution in [0.5, 0.6) is 5.75 Å². The van der Waals surface area contributed by atoms with Gasteiger partial charge < -0.3 is 10.4 Å². The van der Waals surface area contributed by atoms with Crippen LogP contribution in [0.3, 0.4) is 0 Å². The highest BCUT2D eigenvalue weighted by molar-refractivity contribution is 9.10. The van der Waals surface area contributed by atoms with E-state index >= 15 is 0 Å². The molecule has 2 rings (SSSR count). The number of benzene rings is 2. The molecule has 0 aliphatic carbocycles. The molecule has 0 saturated heterocycles. The van der Waals surface area contributed by atoms with Crippen molar-refractivity contribution in [2.24, 2.45) is 0 Å². The Morgan fingerprint density at radius 3 is 2.47 bits per heavy atom. The van der Waals surface area contributed by atoms with Gasteiger partial charge >= 0.3 is 0 Å². The molecule has 98 valence electrons. The average molecular weight is 320 g/mol. The standard InChI is InChI=1S/C15H14BrNO2/c1-9-7-11(3-5-13(9)16)15(19)17-12-4-6-14(18)10(2)8-12/h3-8,18H,1-2H3,(H,17,19). The summed E-state index contributed by atoms with van der Waals surface area (Å²) in [7, 11) is 0. The first-order valence-corrected chi connectivity index (χ1v) is 6.64. The second kappa shape index (κ2) is 5.45. The molecular weight excluding hydrogens is 306 g/mol. The quantitative estimate of drug-likeness (QED) is 0.821. The van der Waals surface area contributed by atoms with Crippen molar-refractivity contribution in [3.8, 4) is 5.75 Å². The minimum Gasteiger partial charge on any atom is -0.508 e. The lowest BCUT2D eigenvalue weighted by molar-refractivity contribution is 0.102. The van der Waals surface area contributed by atoms with E-state index in [0.29, 0.717) is 11.3 Å². The summed E-state index contributed by atoms with van der Waals surface area (Å²) in [6.45, 7) is 3.72. The van der Waals surface area contributed by atoms with E-state index in [4.69, 9.17) is 0 Å². The molecule has 0 fully saturated rings. The van der Waals surface area contributed by atoms with Crippen LogP contribution < -0.4 is 5.32 Å². The lowest BCUT2D eigenvalue weighted by Crippen LogP contribution is -2.12. The molecule has 4 heteroatoms. The van der Waals surface area contributed by atoms with Crippen LogP contribution in [-0.2, 0) is 0 Å². The van der Waals surface area contributed by atoms with Crippen LogP contribution in [-0.4, -0.2) is 11.0 Å². The number of carbonyl (C=O) groups excluding carboxylic acids is 1. The summed E-state index contributed by atoms with van der Waals surface area (Å²) in [6, 6.07) is 10.4. The number of phenols is 1. The highest BCUT2D eigenvalue weighted by Gasteiger charge is 2.08. The smallest absolute Gasteiger partial charge is 0.255 e. The number of rotatable bonds is 2. The number of carbonyl (C=O) groups is 1. The summed E-state index contributed by atoms with van der Waals surface area (Å²) >= 11 is 3.40. The Kier molecular flexibility index (Phi) is 3.90. The summed E-state index contributed by atoms with van der Waals surface area (Å²) in [4.78, 5) is 12.1. The molecule has 0 aromatic heterocycles. The molecule has 0 spiro atoms. The fraction of sp³-hybridized carbons (Fsp3) is 0.133. The first kappa shape index (κ1) is 13.6. The van der Waals surface area contributed by atoms with Gasteiger partial charge in [-0.25, -0.2) is 0 Å². The van der Waals surface area contributed by atoms with Crippen molar-refractivity contribution >= 4 is 27.5 Å². The van der Waals surface area contributed by atoms with Crippen molar-refractivity contribution in [3.63, 3.8) is 0 Å². The van der Waals surface area contributed by atoms with Gasteiger partial charge in [-0.2, -0.15) is 0 Å². The van der Waals surface area contributed by atoms with E-state index in [1.165, 1.54) is 0 Å². The highest BCUT2D eigenvalue weighted by atomic mass is 79.9. The van der Waals surface area contributed by atoms with E-state index in [9.17, 15) is 9.90 Å². The van der Waals surface area contributed by atoms with Crippen molar-refractivity contribution in [3.05, 3.63) is 57.6 Å². The third-order valence-electron chi connectivity index (χ3n) is 2.87. The topological polar surface area (TPSA) is 49.3 Å². The molecule has 0 aliphatic rings. The highest BCUT2D eigenvalue weighted by Crippen LogP contribution is 2.21. The Morgan fingerprint density at radius 1 is 1.11 bits per heavy atom. The summed E-state index contributed by atoms with van der Waals surface area (Å²) < 4.78 is 0.976. The fourth-order valence-corrected chi connectivity index (χ4v) is 1.97. The molecule has 0 aliphatic heterocycles. The molecule has 2 N–H and O–H groups in total. The molecule has 1 amide bonds. The maximum atomic E-state index is 12.1. The molecule has 0 saturated carbocycles. The van der Waals surface area contributed by atoms with Crippen LogP contribution in [0.25, 0.3) is 0 Å². The number of hydrogen-bond acceptors (Lipinski definition) is 2. The number of phenolic OH excluding ortho intramolecular Hbond substituents is 1. The predicted molar refractivity (Wildman–Crippen MR) is 79.7 cm³/mol. The van der Waals surface area contributed by atoms with E-state index in [1.807, 2.05) is 19.1 Å². The number of aryl methyl sites for hydroxylation is 2. The van der Waals surface area contributed by atoms with Crippen molar-refractivity contribution in [1.29, 1.82) is 0 Å². The van der Waals surface area contributed by atoms with Crippen LogP contribution in [0.15, 0.2) is 40.9 Å². The van der Waals surface area contributed by atoms with Crippen molar-refractivity contribution in [2.75, 3.05) is 5.32 Å². The minimum absolute atomic E-state index is 0.166. The summed E-state index contributed by atoms with van der Waals surface area (Å²) in [5.41, 5.74) is 3.01. The molecule has 3 nitrogen and oxygen atoms in total. The van der Waals surface area contributed by atoms with Gasteiger partial charge in [0.15, 0.2) is 0 Å². The normalized spacial score (nSPS) is 10.3. The SMILES string of the molecule is Cc1cc(NC(=O)c2ccc(Br)c(C)c2)ccc1O. The van der Waals surface area contributed by atoms with Crippen LogP contribution in [0.2, 0.25) is 0 Å². The van der Waals surface area contributed by atoms with E-state index in [-0.39, 0.29) is 11.7 Å². The van der Waals surface area contributed by atoms with Crippen molar-refractivity contribution in [1.82, 2.24) is 0 Å². The largest absolute Gasteiger partial charge is 0.508 e. The molecule has 2 aromatic rings. The second-order valence-corrected chi connectivity index (χ2v) is 5.27. The molecule has 0 radical (unpaired) electrons. The number of aromatic hydroxyl groups is 1. The van der Waals surface area contributed by atoms with Gasteiger partial charge in [0.25, 0.3) is 5.91 Å². The molecule has 0 heterocycles. The number of nitrogens with one attached hydrogen (secondary N) is 1. The van der Waals surface area contributed by atoms with Crippen LogP contribution in [0.1, 0.15) is 21.5 Å². The van der Waals surface area contributed by atoms with Gasteiger partial charge in [0.05, 0.1) is 0 Å². The molecule has 0 unspecified atom stereocenters. The van der Waals surface area contributed by atoms with Crippen molar-refractivity contribution < 1.29 is 9.90 Å². The fourth-order valence-electron chi connectivity index (χ4n) is 1.72. The Hall–Kier alpha value is -1.81. The zero-order chi connectivity index (χ0) is 14.0. The van der Waals surface area contributed by atoms with Gasteiger partial charge in [-0.05, 0) is 61.4 Å². The van der Waals surface area contributed by atoms with Crippen LogP contribution in [0.4, 0.5) is 5.69 Å². The second-order valence-electron chi connectivity index (χ2n) is 4.42. The number of halogens is 1.